The molecule has 32 heavy (non-hydrogen) atoms. The van der Waals surface area contributed by atoms with Crippen molar-refractivity contribution in [3.8, 4) is 5.75 Å². The van der Waals surface area contributed by atoms with E-state index in [4.69, 9.17) is 9.84 Å². The van der Waals surface area contributed by atoms with E-state index in [2.05, 4.69) is 10.5 Å². The van der Waals surface area contributed by atoms with Gasteiger partial charge >= 0.3 is 12.1 Å². The number of ether oxygens (including phenoxy) is 1. The van der Waals surface area contributed by atoms with Gasteiger partial charge in [0.1, 0.15) is 12.4 Å². The van der Waals surface area contributed by atoms with Crippen molar-refractivity contribution >= 4 is 18.1 Å². The third kappa shape index (κ3) is 5.94. The molecular weight excluding hydrogens is 425 g/mol. The highest BCUT2D eigenvalue weighted by atomic mass is 19.4. The maximum atomic E-state index is 12.8. The Morgan fingerprint density at radius 3 is 2.38 bits per heavy atom. The van der Waals surface area contributed by atoms with Crippen LogP contribution in [-0.2, 0) is 12.8 Å². The molecule has 0 aliphatic rings. The molecule has 6 nitrogen and oxygen atoms in total. The molecule has 0 fully saturated rings. The molecule has 164 valence electrons. The Kier molecular flexibility index (Phi) is 6.89. The summed E-state index contributed by atoms with van der Waals surface area (Å²) >= 11 is 0. The summed E-state index contributed by atoms with van der Waals surface area (Å²) in [7, 11) is 0. The number of benzene rings is 3. The lowest BCUT2D eigenvalue weighted by molar-refractivity contribution is -0.137. The first kappa shape index (κ1) is 22.5. The molecule has 3 aromatic carbocycles. The summed E-state index contributed by atoms with van der Waals surface area (Å²) in [5.74, 6) is -1.36. The number of halogens is 3. The van der Waals surface area contributed by atoms with E-state index in [1.165, 1.54) is 24.4 Å². The number of amides is 1. The third-order valence-electron chi connectivity index (χ3n) is 4.34. The highest BCUT2D eigenvalue weighted by Crippen LogP contribution is 2.29. The van der Waals surface area contributed by atoms with Crippen LogP contribution in [0.1, 0.15) is 37.4 Å². The number of carbonyl (C=O) groups is 2. The second kappa shape index (κ2) is 9.78. The molecule has 0 radical (unpaired) electrons. The van der Waals surface area contributed by atoms with Crippen LogP contribution in [0.15, 0.2) is 77.9 Å². The minimum atomic E-state index is -4.55. The number of rotatable bonds is 7. The molecule has 0 spiro atoms. The second-order valence-electron chi connectivity index (χ2n) is 6.61. The van der Waals surface area contributed by atoms with Crippen molar-refractivity contribution < 1.29 is 32.6 Å². The Morgan fingerprint density at radius 2 is 1.69 bits per heavy atom. The quantitative estimate of drug-likeness (QED) is 0.409. The van der Waals surface area contributed by atoms with E-state index >= 15 is 0 Å². The lowest BCUT2D eigenvalue weighted by Gasteiger charge is -2.09. The molecule has 0 unspecified atom stereocenters. The minimum absolute atomic E-state index is 0.165. The molecule has 0 aromatic heterocycles. The van der Waals surface area contributed by atoms with E-state index in [-0.39, 0.29) is 17.7 Å². The van der Waals surface area contributed by atoms with Crippen molar-refractivity contribution in [1.82, 2.24) is 5.43 Å². The number of hydrogen-bond acceptors (Lipinski definition) is 4. The smallest absolute Gasteiger partial charge is 0.416 e. The monoisotopic (exact) mass is 442 g/mol. The first-order chi connectivity index (χ1) is 15.2. The van der Waals surface area contributed by atoms with E-state index in [9.17, 15) is 22.8 Å². The first-order valence-corrected chi connectivity index (χ1v) is 9.29. The van der Waals surface area contributed by atoms with Crippen LogP contribution in [0.25, 0.3) is 0 Å². The van der Waals surface area contributed by atoms with Gasteiger partial charge in [-0.2, -0.15) is 18.3 Å². The minimum Gasteiger partial charge on any atom is -0.488 e. The summed E-state index contributed by atoms with van der Waals surface area (Å²) in [6, 6.07) is 17.1. The summed E-state index contributed by atoms with van der Waals surface area (Å²) in [4.78, 5) is 23.0. The van der Waals surface area contributed by atoms with Crippen LogP contribution in [0, 0.1) is 0 Å². The van der Waals surface area contributed by atoms with Crippen LogP contribution in [0.2, 0.25) is 0 Å². The zero-order valence-corrected chi connectivity index (χ0v) is 16.5. The Balaban J connectivity index is 1.64. The fraction of sp³-hybridized carbons (Fsp3) is 0.0870. The van der Waals surface area contributed by atoms with E-state index in [0.29, 0.717) is 11.3 Å². The average molecular weight is 442 g/mol. The van der Waals surface area contributed by atoms with Crippen LogP contribution >= 0.6 is 0 Å². The fourth-order valence-electron chi connectivity index (χ4n) is 2.69. The van der Waals surface area contributed by atoms with E-state index < -0.39 is 23.6 Å². The van der Waals surface area contributed by atoms with E-state index in [1.54, 1.807) is 36.4 Å². The number of carboxylic acid groups (broad SMARTS) is 1. The Labute approximate surface area is 181 Å². The number of alkyl halides is 3. The van der Waals surface area contributed by atoms with Gasteiger partial charge in [-0.25, -0.2) is 10.2 Å². The van der Waals surface area contributed by atoms with Gasteiger partial charge in [0.05, 0.1) is 17.3 Å². The highest BCUT2D eigenvalue weighted by Gasteiger charge is 2.30. The van der Waals surface area contributed by atoms with Gasteiger partial charge in [0, 0.05) is 11.1 Å². The molecular formula is C23H17F3N2O4. The molecule has 3 aromatic rings. The molecule has 2 N–H and O–H groups in total. The van der Waals surface area contributed by atoms with E-state index in [0.717, 1.165) is 23.8 Å². The normalized spacial score (nSPS) is 11.3. The zero-order valence-electron chi connectivity index (χ0n) is 16.5. The first-order valence-electron chi connectivity index (χ1n) is 9.29. The number of hydrogen-bond donors (Lipinski definition) is 2. The van der Waals surface area contributed by atoms with Crippen molar-refractivity contribution in [1.29, 1.82) is 0 Å². The molecule has 9 heteroatoms. The fourth-order valence-corrected chi connectivity index (χ4v) is 2.69. The number of aromatic carboxylic acids is 1. The van der Waals surface area contributed by atoms with Crippen molar-refractivity contribution in [2.24, 2.45) is 5.10 Å². The summed E-state index contributed by atoms with van der Waals surface area (Å²) in [5, 5.41) is 12.7. The Morgan fingerprint density at radius 1 is 0.969 bits per heavy atom. The largest absolute Gasteiger partial charge is 0.488 e. The standard InChI is InChI=1S/C23H17F3N2O4/c24-23(25,26)19-6-3-5-17(12-19)21(29)28-27-13-18-4-1-2-7-20(18)32-14-15-8-10-16(11-9-15)22(30)31/h1-13H,14H2,(H,28,29)(H,30,31)/b27-13-. The zero-order chi connectivity index (χ0) is 23.1. The Hall–Kier alpha value is -4.14. The topological polar surface area (TPSA) is 88.0 Å². The number of carbonyl (C=O) groups excluding carboxylic acids is 1. The lowest BCUT2D eigenvalue weighted by Crippen LogP contribution is -2.18. The number of nitrogens with zero attached hydrogens (tertiary/aromatic N) is 1. The lowest BCUT2D eigenvalue weighted by atomic mass is 10.1. The summed E-state index contributed by atoms with van der Waals surface area (Å²) in [6.45, 7) is 0.168. The van der Waals surface area contributed by atoms with Gasteiger partial charge in [-0.05, 0) is 48.0 Å². The molecule has 0 saturated carbocycles. The van der Waals surface area contributed by atoms with Crippen LogP contribution < -0.4 is 10.2 Å². The van der Waals surface area contributed by atoms with Gasteiger partial charge in [-0.15, -0.1) is 0 Å². The highest BCUT2D eigenvalue weighted by molar-refractivity contribution is 5.95. The van der Waals surface area contributed by atoms with Gasteiger partial charge in [-0.3, -0.25) is 4.79 Å². The second-order valence-corrected chi connectivity index (χ2v) is 6.61. The van der Waals surface area contributed by atoms with Crippen LogP contribution in [-0.4, -0.2) is 23.2 Å². The van der Waals surface area contributed by atoms with Crippen molar-refractivity contribution in [3.63, 3.8) is 0 Å². The molecule has 0 aliphatic heterocycles. The number of hydrazone groups is 1. The van der Waals surface area contributed by atoms with Crippen molar-refractivity contribution in [3.05, 3.63) is 101 Å². The van der Waals surface area contributed by atoms with Crippen LogP contribution in [0.3, 0.4) is 0 Å². The molecule has 0 saturated heterocycles. The summed E-state index contributed by atoms with van der Waals surface area (Å²) in [5.41, 5.74) is 2.54. The molecule has 0 bridgehead atoms. The predicted molar refractivity (Wildman–Crippen MR) is 111 cm³/mol. The van der Waals surface area contributed by atoms with Gasteiger partial charge < -0.3 is 9.84 Å². The number of para-hydroxylation sites is 1. The molecule has 3 rings (SSSR count). The third-order valence-corrected chi connectivity index (χ3v) is 4.34. The van der Waals surface area contributed by atoms with E-state index in [1.807, 2.05) is 0 Å². The van der Waals surface area contributed by atoms with Gasteiger partial charge in [0.25, 0.3) is 5.91 Å². The molecule has 1 amide bonds. The SMILES string of the molecule is O=C(O)c1ccc(COc2ccccc2/C=N\NC(=O)c2cccc(C(F)(F)F)c2)cc1. The molecule has 0 atom stereocenters. The van der Waals surface area contributed by atoms with Gasteiger partial charge in [-0.1, -0.05) is 30.3 Å². The average Bonchev–Trinajstić information content (AvgIpc) is 2.78. The van der Waals surface area contributed by atoms with Gasteiger partial charge in [0.15, 0.2) is 0 Å². The summed E-state index contributed by atoms with van der Waals surface area (Å²) < 4.78 is 44.1. The van der Waals surface area contributed by atoms with Crippen LogP contribution in [0.4, 0.5) is 13.2 Å². The predicted octanol–water partition coefficient (Wildman–Crippen LogP) is 4.75. The molecule has 0 aliphatic carbocycles. The number of nitrogens with one attached hydrogen (secondary N) is 1. The Bertz CT molecular complexity index is 1140. The van der Waals surface area contributed by atoms with Gasteiger partial charge in [0.2, 0.25) is 0 Å². The molecule has 0 heterocycles. The van der Waals surface area contributed by atoms with Crippen molar-refractivity contribution in [2.45, 2.75) is 12.8 Å². The van der Waals surface area contributed by atoms with Crippen molar-refractivity contribution in [2.75, 3.05) is 0 Å². The van der Waals surface area contributed by atoms with Crippen LogP contribution in [0.5, 0.6) is 5.75 Å². The summed E-state index contributed by atoms with van der Waals surface area (Å²) in [6.07, 6.45) is -3.24. The maximum absolute atomic E-state index is 12.8. The maximum Gasteiger partial charge on any atom is 0.416 e. The number of carboxylic acids is 1.